The van der Waals surface area contributed by atoms with Gasteiger partial charge in [0.25, 0.3) is 0 Å². The van der Waals surface area contributed by atoms with Gasteiger partial charge in [-0.05, 0) is 96.1 Å². The molecule has 0 radical (unpaired) electrons. The summed E-state index contributed by atoms with van der Waals surface area (Å²) in [6.07, 6.45) is 28.5. The molecule has 226 valence electrons. The zero-order valence-electron chi connectivity index (χ0n) is 26.2. The summed E-state index contributed by atoms with van der Waals surface area (Å²) in [6.45, 7) is 2.62. The van der Waals surface area contributed by atoms with Gasteiger partial charge in [0.1, 0.15) is 5.75 Å². The SMILES string of the molecule is CC(CCC#Cc1ccc(N=Cc2cccc(-c3ccccc3)c2O)cc1)(C1CCCC1)C1C2C=CC=CC2C2C=CC=CC21. The van der Waals surface area contributed by atoms with Crippen LogP contribution >= 0.6 is 0 Å². The number of allylic oxidation sites excluding steroid dienone is 8. The number of hydrogen-bond donors (Lipinski definition) is 1. The minimum Gasteiger partial charge on any atom is -0.507 e. The molecule has 0 heterocycles. The number of phenols is 1. The lowest BCUT2D eigenvalue weighted by Crippen LogP contribution is -2.40. The van der Waals surface area contributed by atoms with Crippen molar-refractivity contribution in [3.05, 3.63) is 133 Å². The summed E-state index contributed by atoms with van der Waals surface area (Å²) in [7, 11) is 0. The van der Waals surface area contributed by atoms with E-state index < -0.39 is 0 Å². The molecule has 4 aliphatic carbocycles. The van der Waals surface area contributed by atoms with Gasteiger partial charge in [-0.3, -0.25) is 4.99 Å². The van der Waals surface area contributed by atoms with Gasteiger partial charge >= 0.3 is 0 Å². The zero-order valence-corrected chi connectivity index (χ0v) is 26.2. The third-order valence-electron chi connectivity index (χ3n) is 11.2. The van der Waals surface area contributed by atoms with E-state index in [1.807, 2.05) is 60.7 Å². The molecule has 1 N–H and O–H groups in total. The number of aliphatic imine (C=N–C) groups is 1. The van der Waals surface area contributed by atoms with Crippen LogP contribution in [0, 0.1) is 52.8 Å². The van der Waals surface area contributed by atoms with Gasteiger partial charge in [0.2, 0.25) is 0 Å². The van der Waals surface area contributed by atoms with Crippen molar-refractivity contribution < 1.29 is 5.11 Å². The van der Waals surface area contributed by atoms with Crippen LogP contribution in [0.5, 0.6) is 5.75 Å². The summed E-state index contributed by atoms with van der Waals surface area (Å²) in [5.41, 5.74) is 4.63. The van der Waals surface area contributed by atoms with E-state index in [0.717, 1.165) is 41.1 Å². The molecule has 2 heteroatoms. The molecule has 0 aromatic heterocycles. The molecule has 45 heavy (non-hydrogen) atoms. The molecule has 2 saturated carbocycles. The Kier molecular flexibility index (Phi) is 8.45. The van der Waals surface area contributed by atoms with Crippen LogP contribution in [0.15, 0.2) is 126 Å². The number of fused-ring (bicyclic) bond motifs is 3. The Morgan fingerprint density at radius 2 is 1.42 bits per heavy atom. The van der Waals surface area contributed by atoms with Gasteiger partial charge in [0.15, 0.2) is 0 Å². The quantitative estimate of drug-likeness (QED) is 0.216. The average Bonchev–Trinajstić information content (AvgIpc) is 3.75. The van der Waals surface area contributed by atoms with Crippen LogP contribution in [0.3, 0.4) is 0 Å². The summed E-state index contributed by atoms with van der Waals surface area (Å²) >= 11 is 0. The van der Waals surface area contributed by atoms with Gasteiger partial charge in [0.05, 0.1) is 5.69 Å². The highest BCUT2D eigenvalue weighted by Crippen LogP contribution is 2.62. The number of hydrogen-bond acceptors (Lipinski definition) is 2. The molecule has 2 nitrogen and oxygen atoms in total. The minimum atomic E-state index is 0.245. The van der Waals surface area contributed by atoms with Crippen molar-refractivity contribution in [2.24, 2.45) is 45.9 Å². The van der Waals surface area contributed by atoms with E-state index in [-0.39, 0.29) is 11.2 Å². The highest BCUT2D eigenvalue weighted by Gasteiger charge is 2.56. The number of aromatic hydroxyl groups is 1. The lowest BCUT2D eigenvalue weighted by Gasteiger charge is -2.46. The molecule has 3 aromatic carbocycles. The maximum Gasteiger partial charge on any atom is 0.132 e. The minimum absolute atomic E-state index is 0.245. The summed E-state index contributed by atoms with van der Waals surface area (Å²) < 4.78 is 0. The fourth-order valence-corrected chi connectivity index (χ4v) is 8.92. The molecule has 0 bridgehead atoms. The van der Waals surface area contributed by atoms with Gasteiger partial charge in [-0.2, -0.15) is 0 Å². The fraction of sp³-hybridized carbons (Fsp3) is 0.326. The Morgan fingerprint density at radius 3 is 2.09 bits per heavy atom. The summed E-state index contributed by atoms with van der Waals surface area (Å²) in [5, 5.41) is 10.9. The van der Waals surface area contributed by atoms with E-state index in [2.05, 4.69) is 84.5 Å². The largest absolute Gasteiger partial charge is 0.507 e. The summed E-state index contributed by atoms with van der Waals surface area (Å²) in [4.78, 5) is 4.64. The van der Waals surface area contributed by atoms with Crippen LogP contribution < -0.4 is 0 Å². The standard InChI is InChI=1S/C43H43NO/c1-43(34-18-5-6-19-34,41-39-22-9-7-20-37(39)38-21-8-10-23-40(38)41)29-12-11-14-31-25-27-35(28-26-31)44-30-33-17-13-24-36(42(33)45)32-15-3-2-4-16-32/h2-4,7-10,13,15-17,20-28,30,34,37-41,45H,5-6,12,18-19,29H2,1H3. The first kappa shape index (κ1) is 29.4. The van der Waals surface area contributed by atoms with Crippen molar-refractivity contribution in [2.45, 2.75) is 45.4 Å². The van der Waals surface area contributed by atoms with Crippen LogP contribution in [-0.2, 0) is 0 Å². The second-order valence-electron chi connectivity index (χ2n) is 13.6. The molecule has 7 rings (SSSR count). The van der Waals surface area contributed by atoms with Crippen molar-refractivity contribution in [3.63, 3.8) is 0 Å². The highest BCUT2D eigenvalue weighted by molar-refractivity contribution is 5.89. The molecule has 4 aliphatic rings. The highest BCUT2D eigenvalue weighted by atomic mass is 16.3. The van der Waals surface area contributed by atoms with Gasteiger partial charge < -0.3 is 5.11 Å². The van der Waals surface area contributed by atoms with Crippen molar-refractivity contribution in [2.75, 3.05) is 0 Å². The Bertz CT molecular complexity index is 1670. The third-order valence-corrected chi connectivity index (χ3v) is 11.2. The Hall–Kier alpha value is -4.35. The van der Waals surface area contributed by atoms with Crippen LogP contribution in [-0.4, -0.2) is 11.3 Å². The van der Waals surface area contributed by atoms with E-state index in [4.69, 9.17) is 0 Å². The first-order valence-corrected chi connectivity index (χ1v) is 16.8. The lowest BCUT2D eigenvalue weighted by atomic mass is 9.58. The molecular formula is C43H43NO. The smallest absolute Gasteiger partial charge is 0.132 e. The maximum atomic E-state index is 10.9. The summed E-state index contributed by atoms with van der Waals surface area (Å²) in [6, 6.07) is 23.8. The Morgan fingerprint density at radius 1 is 0.778 bits per heavy atom. The van der Waals surface area contributed by atoms with E-state index in [1.165, 1.54) is 25.7 Å². The molecule has 0 saturated heterocycles. The molecule has 3 aromatic rings. The second kappa shape index (κ2) is 12.9. The number of nitrogens with zero attached hydrogens (tertiary/aromatic N) is 1. The normalized spacial score (nSPS) is 26.4. The number of rotatable bonds is 7. The van der Waals surface area contributed by atoms with Crippen LogP contribution in [0.2, 0.25) is 0 Å². The van der Waals surface area contributed by atoms with Gasteiger partial charge in [-0.15, -0.1) is 0 Å². The van der Waals surface area contributed by atoms with Gasteiger partial charge in [-0.1, -0.05) is 123 Å². The molecule has 0 aliphatic heterocycles. The van der Waals surface area contributed by atoms with E-state index in [9.17, 15) is 5.11 Å². The van der Waals surface area contributed by atoms with Gasteiger partial charge in [-0.25, -0.2) is 0 Å². The van der Waals surface area contributed by atoms with Crippen molar-refractivity contribution in [3.8, 4) is 28.7 Å². The molecule has 5 atom stereocenters. The van der Waals surface area contributed by atoms with Crippen LogP contribution in [0.1, 0.15) is 56.6 Å². The fourth-order valence-electron chi connectivity index (χ4n) is 8.92. The van der Waals surface area contributed by atoms with E-state index >= 15 is 0 Å². The maximum absolute atomic E-state index is 10.9. The Labute approximate surface area is 269 Å². The first-order valence-electron chi connectivity index (χ1n) is 16.8. The molecular weight excluding hydrogens is 546 g/mol. The number of phenolic OH excluding ortho intramolecular Hbond substituents is 1. The third kappa shape index (κ3) is 5.89. The van der Waals surface area contributed by atoms with Crippen LogP contribution in [0.25, 0.3) is 11.1 Å². The van der Waals surface area contributed by atoms with Crippen molar-refractivity contribution in [1.82, 2.24) is 0 Å². The van der Waals surface area contributed by atoms with Crippen LogP contribution in [0.4, 0.5) is 5.69 Å². The topological polar surface area (TPSA) is 32.6 Å². The first-order chi connectivity index (χ1) is 22.1. The molecule has 2 fully saturated rings. The zero-order chi connectivity index (χ0) is 30.6. The molecule has 0 amide bonds. The van der Waals surface area contributed by atoms with Gasteiger partial charge in [0, 0.05) is 29.3 Å². The van der Waals surface area contributed by atoms with Crippen molar-refractivity contribution >= 4 is 11.9 Å². The lowest BCUT2D eigenvalue weighted by molar-refractivity contribution is 0.0465. The van der Waals surface area contributed by atoms with Crippen molar-refractivity contribution in [1.29, 1.82) is 0 Å². The predicted molar refractivity (Wildman–Crippen MR) is 187 cm³/mol. The Balaban J connectivity index is 1.04. The van der Waals surface area contributed by atoms with E-state index in [1.54, 1.807) is 6.21 Å². The molecule has 5 unspecified atom stereocenters. The predicted octanol–water partition coefficient (Wildman–Crippen LogP) is 10.5. The monoisotopic (exact) mass is 589 g/mol. The molecule has 0 spiro atoms. The number of benzene rings is 3. The van der Waals surface area contributed by atoms with E-state index in [0.29, 0.717) is 35.2 Å². The average molecular weight is 590 g/mol. The summed E-state index contributed by atoms with van der Waals surface area (Å²) in [5.74, 6) is 11.2. The number of para-hydroxylation sites is 1. The second-order valence-corrected chi connectivity index (χ2v) is 13.6.